The number of rotatable bonds is 2. The Kier molecular flexibility index (Phi) is 6.80. The summed E-state index contributed by atoms with van der Waals surface area (Å²) in [6, 6.07) is 0. The number of thiazole rings is 1. The fourth-order valence-corrected chi connectivity index (χ4v) is 1.64. The van der Waals surface area contributed by atoms with Crippen LogP contribution in [0.25, 0.3) is 0 Å². The van der Waals surface area contributed by atoms with E-state index in [0.29, 0.717) is 5.13 Å². The molecule has 0 radical (unpaired) electrons. The number of carboxylic acid groups (broad SMARTS) is 1. The van der Waals surface area contributed by atoms with E-state index < -0.39 is 12.1 Å². The Morgan fingerprint density at radius 1 is 1.56 bits per heavy atom. The summed E-state index contributed by atoms with van der Waals surface area (Å²) in [4.78, 5) is 23.5. The maximum absolute atomic E-state index is 10.7. The first-order valence-corrected chi connectivity index (χ1v) is 5.75. The van der Waals surface area contributed by atoms with Gasteiger partial charge in [0.25, 0.3) is 0 Å². The minimum atomic E-state index is -5.08. The minimum absolute atomic E-state index is 0.0167. The first-order chi connectivity index (χ1) is 8.16. The fraction of sp³-hybridized carbons (Fsp3) is 0.286. The molecule has 1 rings (SSSR count). The molecular weight excluding hydrogens is 343 g/mol. The summed E-state index contributed by atoms with van der Waals surface area (Å²) in [7, 11) is 0. The lowest BCUT2D eigenvalue weighted by Gasteiger charge is -1.95. The summed E-state index contributed by atoms with van der Waals surface area (Å²) < 4.78 is 32.5. The topological polar surface area (TPSA) is 105 Å². The first kappa shape index (κ1) is 16.8. The zero-order valence-corrected chi connectivity index (χ0v) is 10.9. The number of amides is 1. The molecule has 0 spiro atoms. The van der Waals surface area contributed by atoms with Crippen molar-refractivity contribution in [1.82, 2.24) is 4.98 Å². The molecule has 0 bridgehead atoms. The number of carbonyl (C=O) groups is 2. The molecule has 0 saturated carbocycles. The van der Waals surface area contributed by atoms with Crippen molar-refractivity contribution in [3.63, 3.8) is 0 Å². The number of carbonyl (C=O) groups excluding carboxylic acids is 1. The number of alkyl halides is 3. The third kappa shape index (κ3) is 7.19. The van der Waals surface area contributed by atoms with Crippen LogP contribution < -0.4 is 11.1 Å². The molecule has 0 atom stereocenters. The Morgan fingerprint density at radius 2 is 2.06 bits per heavy atom. The van der Waals surface area contributed by atoms with Gasteiger partial charge in [-0.25, -0.2) is 9.78 Å². The Hall–Kier alpha value is -1.20. The van der Waals surface area contributed by atoms with Crippen LogP contribution in [0.5, 0.6) is 0 Å². The predicted octanol–water partition coefficient (Wildman–Crippen LogP) is 1.44. The van der Waals surface area contributed by atoms with Crippen LogP contribution in [0, 0.1) is 0 Å². The van der Waals surface area contributed by atoms with E-state index in [0.717, 1.165) is 4.60 Å². The van der Waals surface area contributed by atoms with Gasteiger partial charge in [0.1, 0.15) is 4.60 Å². The molecule has 11 heteroatoms. The SMILES string of the molecule is NCC(=O)Nc1nc(Br)cs1.O=C(O)C(F)(F)F. The van der Waals surface area contributed by atoms with Crippen molar-refractivity contribution in [1.29, 1.82) is 0 Å². The second-order valence-corrected chi connectivity index (χ2v) is 4.20. The number of hydrogen-bond acceptors (Lipinski definition) is 5. The van der Waals surface area contributed by atoms with Gasteiger partial charge in [0.2, 0.25) is 5.91 Å². The third-order valence-corrected chi connectivity index (χ3v) is 2.62. The number of carboxylic acids is 1. The number of nitrogens with two attached hydrogens (primary N) is 1. The summed E-state index contributed by atoms with van der Waals surface area (Å²) in [5.41, 5.74) is 5.08. The Labute approximate surface area is 111 Å². The molecule has 4 N–H and O–H groups in total. The molecule has 18 heavy (non-hydrogen) atoms. The van der Waals surface area contributed by atoms with Crippen LogP contribution in [-0.2, 0) is 9.59 Å². The van der Waals surface area contributed by atoms with Gasteiger partial charge in [-0.15, -0.1) is 11.3 Å². The van der Waals surface area contributed by atoms with Gasteiger partial charge < -0.3 is 16.2 Å². The molecule has 0 aromatic carbocycles. The van der Waals surface area contributed by atoms with Crippen LogP contribution in [-0.4, -0.2) is 34.7 Å². The Balaban J connectivity index is 0.000000360. The molecule has 1 heterocycles. The number of nitrogens with one attached hydrogen (secondary N) is 1. The fourth-order valence-electron chi connectivity index (χ4n) is 0.482. The Morgan fingerprint density at radius 3 is 2.33 bits per heavy atom. The highest BCUT2D eigenvalue weighted by atomic mass is 79.9. The van der Waals surface area contributed by atoms with Crippen molar-refractivity contribution in [2.24, 2.45) is 5.73 Å². The average Bonchev–Trinajstić information content (AvgIpc) is 2.63. The van der Waals surface area contributed by atoms with Gasteiger partial charge in [-0.3, -0.25) is 4.79 Å². The summed E-state index contributed by atoms with van der Waals surface area (Å²) in [5.74, 6) is -2.99. The van der Waals surface area contributed by atoms with Gasteiger partial charge >= 0.3 is 12.1 Å². The van der Waals surface area contributed by atoms with Crippen LogP contribution in [0.1, 0.15) is 0 Å². The van der Waals surface area contributed by atoms with E-state index in [1.807, 2.05) is 0 Å². The summed E-state index contributed by atoms with van der Waals surface area (Å²) in [6.45, 7) is -0.0167. The zero-order chi connectivity index (χ0) is 14.3. The lowest BCUT2D eigenvalue weighted by atomic mass is 10.6. The van der Waals surface area contributed by atoms with Crippen molar-refractivity contribution < 1.29 is 27.9 Å². The minimum Gasteiger partial charge on any atom is -0.475 e. The molecule has 0 aliphatic carbocycles. The molecule has 0 saturated heterocycles. The van der Waals surface area contributed by atoms with Gasteiger partial charge in [0, 0.05) is 5.38 Å². The van der Waals surface area contributed by atoms with E-state index >= 15 is 0 Å². The van der Waals surface area contributed by atoms with Crippen molar-refractivity contribution >= 4 is 44.3 Å². The number of aliphatic carboxylic acids is 1. The molecular formula is C7H7BrF3N3O3S. The average molecular weight is 350 g/mol. The highest BCUT2D eigenvalue weighted by Crippen LogP contribution is 2.18. The van der Waals surface area contributed by atoms with Crippen LogP contribution >= 0.6 is 27.3 Å². The van der Waals surface area contributed by atoms with Gasteiger partial charge in [-0.05, 0) is 15.9 Å². The second kappa shape index (κ2) is 7.28. The molecule has 1 aromatic rings. The van der Waals surface area contributed by atoms with Crippen LogP contribution in [0.15, 0.2) is 9.98 Å². The smallest absolute Gasteiger partial charge is 0.475 e. The molecule has 6 nitrogen and oxygen atoms in total. The van der Waals surface area contributed by atoms with Crippen LogP contribution in [0.2, 0.25) is 0 Å². The van der Waals surface area contributed by atoms with Crippen molar-refractivity contribution in [3.05, 3.63) is 9.98 Å². The lowest BCUT2D eigenvalue weighted by Crippen LogP contribution is -2.21. The normalized spacial score (nSPS) is 10.3. The molecule has 0 fully saturated rings. The van der Waals surface area contributed by atoms with E-state index in [2.05, 4.69) is 26.2 Å². The predicted molar refractivity (Wildman–Crippen MR) is 61.2 cm³/mol. The Bertz CT molecular complexity index is 424. The highest BCUT2D eigenvalue weighted by molar-refractivity contribution is 9.10. The number of aromatic nitrogens is 1. The van der Waals surface area contributed by atoms with E-state index in [1.54, 1.807) is 5.38 Å². The van der Waals surface area contributed by atoms with Gasteiger partial charge in [-0.2, -0.15) is 13.2 Å². The van der Waals surface area contributed by atoms with Crippen LogP contribution in [0.3, 0.4) is 0 Å². The summed E-state index contributed by atoms with van der Waals surface area (Å²) in [5, 5.41) is 12.0. The third-order valence-electron chi connectivity index (χ3n) is 1.15. The van der Waals surface area contributed by atoms with Crippen molar-refractivity contribution in [2.75, 3.05) is 11.9 Å². The highest BCUT2D eigenvalue weighted by Gasteiger charge is 2.38. The summed E-state index contributed by atoms with van der Waals surface area (Å²) >= 11 is 4.51. The van der Waals surface area contributed by atoms with E-state index in [1.165, 1.54) is 11.3 Å². The van der Waals surface area contributed by atoms with E-state index in [9.17, 15) is 18.0 Å². The van der Waals surface area contributed by atoms with E-state index in [4.69, 9.17) is 15.6 Å². The molecule has 0 aliphatic rings. The van der Waals surface area contributed by atoms with Gasteiger partial charge in [0.15, 0.2) is 5.13 Å². The summed E-state index contributed by atoms with van der Waals surface area (Å²) in [6.07, 6.45) is -5.08. The number of nitrogens with zero attached hydrogens (tertiary/aromatic N) is 1. The number of anilines is 1. The van der Waals surface area contributed by atoms with Crippen LogP contribution in [0.4, 0.5) is 18.3 Å². The number of halogens is 4. The molecule has 102 valence electrons. The van der Waals surface area contributed by atoms with Crippen molar-refractivity contribution in [3.8, 4) is 0 Å². The van der Waals surface area contributed by atoms with E-state index in [-0.39, 0.29) is 12.5 Å². The maximum Gasteiger partial charge on any atom is 0.490 e. The van der Waals surface area contributed by atoms with Crippen molar-refractivity contribution in [2.45, 2.75) is 6.18 Å². The first-order valence-electron chi connectivity index (χ1n) is 4.08. The van der Waals surface area contributed by atoms with Gasteiger partial charge in [-0.1, -0.05) is 0 Å². The quantitative estimate of drug-likeness (QED) is 0.749. The molecule has 0 aliphatic heterocycles. The second-order valence-electron chi connectivity index (χ2n) is 2.53. The zero-order valence-electron chi connectivity index (χ0n) is 8.49. The monoisotopic (exact) mass is 349 g/mol. The standard InChI is InChI=1S/C5H6BrN3OS.C2HF3O2/c6-3-2-11-5(8-3)9-4(10)1-7;3-2(4,5)1(6)7/h2H,1,7H2,(H,8,9,10);(H,6,7). The largest absolute Gasteiger partial charge is 0.490 e. The molecule has 0 unspecified atom stereocenters. The lowest BCUT2D eigenvalue weighted by molar-refractivity contribution is -0.192. The maximum atomic E-state index is 10.7. The van der Waals surface area contributed by atoms with Gasteiger partial charge in [0.05, 0.1) is 6.54 Å². The number of hydrogen-bond donors (Lipinski definition) is 3. The molecule has 1 aromatic heterocycles. The molecule has 1 amide bonds.